The van der Waals surface area contributed by atoms with E-state index in [1.54, 1.807) is 17.0 Å². The summed E-state index contributed by atoms with van der Waals surface area (Å²) in [5, 5.41) is 21.7. The summed E-state index contributed by atoms with van der Waals surface area (Å²) in [4.78, 5) is 40.5. The third kappa shape index (κ3) is 2.43. The predicted octanol–water partition coefficient (Wildman–Crippen LogP) is 1.15. The van der Waals surface area contributed by atoms with Crippen LogP contribution in [-0.2, 0) is 17.6 Å². The molecule has 1 atom stereocenters. The van der Waals surface area contributed by atoms with E-state index in [-0.39, 0.29) is 58.5 Å². The number of nitrogens with zero attached hydrogens (tertiary/aromatic N) is 1. The first-order chi connectivity index (χ1) is 13.9. The molecule has 1 aliphatic heterocycles. The van der Waals surface area contributed by atoms with Crippen molar-refractivity contribution in [2.45, 2.75) is 25.3 Å². The van der Waals surface area contributed by atoms with Gasteiger partial charge in [0.25, 0.3) is 0 Å². The lowest BCUT2D eigenvalue weighted by atomic mass is 9.81. The van der Waals surface area contributed by atoms with E-state index >= 15 is 0 Å². The van der Waals surface area contributed by atoms with Crippen LogP contribution in [0.15, 0.2) is 24.3 Å². The van der Waals surface area contributed by atoms with Crippen molar-refractivity contribution in [2.75, 3.05) is 13.1 Å². The molecule has 1 heterocycles. The van der Waals surface area contributed by atoms with E-state index < -0.39 is 17.5 Å². The molecule has 2 aliphatic carbocycles. The number of likely N-dealkylation sites (tertiary alicyclic amines) is 1. The Morgan fingerprint density at radius 2 is 1.48 bits per heavy atom. The van der Waals surface area contributed by atoms with E-state index in [9.17, 15) is 24.6 Å². The summed E-state index contributed by atoms with van der Waals surface area (Å²) < 4.78 is 0. The van der Waals surface area contributed by atoms with Crippen LogP contribution in [0.4, 0.5) is 0 Å². The van der Waals surface area contributed by atoms with Crippen molar-refractivity contribution >= 4 is 17.5 Å². The molecule has 3 aliphatic rings. The highest BCUT2D eigenvalue weighted by molar-refractivity contribution is 6.30. The van der Waals surface area contributed by atoms with Crippen molar-refractivity contribution < 1.29 is 24.6 Å². The second-order valence-corrected chi connectivity index (χ2v) is 8.05. The van der Waals surface area contributed by atoms with Crippen molar-refractivity contribution in [3.63, 3.8) is 0 Å². The fourth-order valence-electron chi connectivity index (χ4n) is 4.84. The van der Waals surface area contributed by atoms with Gasteiger partial charge in [-0.3, -0.25) is 14.4 Å². The monoisotopic (exact) mass is 392 g/mol. The van der Waals surface area contributed by atoms with Crippen LogP contribution in [0.1, 0.15) is 49.4 Å². The Labute approximate surface area is 166 Å². The summed E-state index contributed by atoms with van der Waals surface area (Å²) in [6.45, 7) is 1.08. The number of phenolic OH excluding ortho intramolecular Hbond substituents is 2. The number of hydrogen-bond acceptors (Lipinski definition) is 6. The van der Waals surface area contributed by atoms with Gasteiger partial charge in [-0.15, -0.1) is 0 Å². The van der Waals surface area contributed by atoms with Crippen LogP contribution in [0, 0.1) is 5.92 Å². The van der Waals surface area contributed by atoms with E-state index in [0.29, 0.717) is 24.2 Å². The van der Waals surface area contributed by atoms with Crippen molar-refractivity contribution in [1.82, 2.24) is 4.90 Å². The lowest BCUT2D eigenvalue weighted by Crippen LogP contribution is -2.36. The molecule has 29 heavy (non-hydrogen) atoms. The van der Waals surface area contributed by atoms with Gasteiger partial charge in [0.05, 0.1) is 11.1 Å². The molecule has 1 saturated heterocycles. The first-order valence-electron chi connectivity index (χ1n) is 9.71. The maximum absolute atomic E-state index is 13.0. The molecule has 0 aromatic heterocycles. The Morgan fingerprint density at radius 1 is 0.966 bits per heavy atom. The maximum Gasteiger partial charge on any atom is 0.226 e. The molecule has 0 saturated carbocycles. The third-order valence-electron chi connectivity index (χ3n) is 6.32. The standard InChI is InChI=1S/C22H20N2O5/c23-11-5-6-24(9-11)22(29)10-7-14-15(8-10)21(28)17-16(20(14)27)18(25)12-3-1-2-4-13(12)19(17)26/h1-4,10-11,27-28H,5-9,23H2/t11-/m0/s1. The predicted molar refractivity (Wildman–Crippen MR) is 103 cm³/mol. The smallest absolute Gasteiger partial charge is 0.226 e. The van der Waals surface area contributed by atoms with Gasteiger partial charge in [-0.05, 0) is 19.3 Å². The normalized spacial score (nSPS) is 20.6. The number of benzene rings is 2. The molecular formula is C22H20N2O5. The first-order valence-corrected chi connectivity index (χ1v) is 9.71. The molecule has 7 nitrogen and oxygen atoms in total. The van der Waals surface area contributed by atoms with Crippen molar-refractivity contribution in [1.29, 1.82) is 0 Å². The fraction of sp³-hybridized carbons (Fsp3) is 0.318. The van der Waals surface area contributed by atoms with Crippen molar-refractivity contribution in [3.8, 4) is 11.5 Å². The number of amides is 1. The summed E-state index contributed by atoms with van der Waals surface area (Å²) >= 11 is 0. The van der Waals surface area contributed by atoms with Gasteiger partial charge >= 0.3 is 0 Å². The van der Waals surface area contributed by atoms with E-state index in [0.717, 1.165) is 6.42 Å². The van der Waals surface area contributed by atoms with E-state index in [1.807, 2.05) is 0 Å². The first kappa shape index (κ1) is 17.9. The van der Waals surface area contributed by atoms with Gasteiger partial charge in [0.15, 0.2) is 11.6 Å². The number of carbonyl (C=O) groups is 3. The summed E-state index contributed by atoms with van der Waals surface area (Å²) in [7, 11) is 0. The minimum Gasteiger partial charge on any atom is -0.507 e. The van der Waals surface area contributed by atoms with Crippen LogP contribution in [0.3, 0.4) is 0 Å². The highest BCUT2D eigenvalue weighted by atomic mass is 16.3. The van der Waals surface area contributed by atoms with Crippen LogP contribution >= 0.6 is 0 Å². The van der Waals surface area contributed by atoms with Crippen LogP contribution in [0.25, 0.3) is 0 Å². The fourth-order valence-corrected chi connectivity index (χ4v) is 4.84. The van der Waals surface area contributed by atoms with Crippen molar-refractivity contribution in [3.05, 3.63) is 57.6 Å². The topological polar surface area (TPSA) is 121 Å². The Balaban J connectivity index is 1.58. The van der Waals surface area contributed by atoms with E-state index in [4.69, 9.17) is 5.73 Å². The van der Waals surface area contributed by atoms with Gasteiger partial charge in [-0.2, -0.15) is 0 Å². The van der Waals surface area contributed by atoms with Gasteiger partial charge in [0.1, 0.15) is 11.5 Å². The average Bonchev–Trinajstić information content (AvgIpc) is 3.35. The Hall–Kier alpha value is -3.19. The molecule has 1 amide bonds. The maximum atomic E-state index is 13.0. The van der Waals surface area contributed by atoms with Gasteiger partial charge in [-0.1, -0.05) is 24.3 Å². The lowest BCUT2D eigenvalue weighted by molar-refractivity contribution is -0.134. The molecule has 0 unspecified atom stereocenters. The molecule has 7 heteroatoms. The van der Waals surface area contributed by atoms with Gasteiger partial charge in [0, 0.05) is 47.3 Å². The van der Waals surface area contributed by atoms with Crippen LogP contribution in [0.2, 0.25) is 0 Å². The molecule has 0 radical (unpaired) electrons. The summed E-state index contributed by atoms with van der Waals surface area (Å²) in [5.41, 5.74) is 6.74. The number of phenols is 2. The van der Waals surface area contributed by atoms with Gasteiger partial charge in [-0.25, -0.2) is 0 Å². The molecular weight excluding hydrogens is 372 g/mol. The highest BCUT2D eigenvalue weighted by Crippen LogP contribution is 2.47. The SMILES string of the molecule is N[C@H]1CCN(C(=O)C2Cc3c(O)c4c(c(O)c3C2)C(=O)c2ccccc2C4=O)C1. The second kappa shape index (κ2) is 6.15. The summed E-state index contributed by atoms with van der Waals surface area (Å²) in [6.07, 6.45) is 1.18. The second-order valence-electron chi connectivity index (χ2n) is 8.05. The van der Waals surface area contributed by atoms with Gasteiger partial charge < -0.3 is 20.8 Å². The van der Waals surface area contributed by atoms with Crippen LogP contribution in [-0.4, -0.2) is 51.7 Å². The van der Waals surface area contributed by atoms with Gasteiger partial charge in [0.2, 0.25) is 5.91 Å². The lowest BCUT2D eigenvalue weighted by Gasteiger charge is -2.21. The molecule has 148 valence electrons. The Morgan fingerprint density at radius 3 is 1.93 bits per heavy atom. The number of carbonyl (C=O) groups excluding carboxylic acids is 3. The number of nitrogens with two attached hydrogens (primary N) is 1. The molecule has 0 spiro atoms. The molecule has 2 aromatic rings. The van der Waals surface area contributed by atoms with Crippen LogP contribution in [0.5, 0.6) is 11.5 Å². The number of ketones is 2. The van der Waals surface area contributed by atoms with Crippen LogP contribution < -0.4 is 5.73 Å². The third-order valence-corrected chi connectivity index (χ3v) is 6.32. The van der Waals surface area contributed by atoms with Crippen molar-refractivity contribution in [2.24, 2.45) is 11.7 Å². The molecule has 1 fully saturated rings. The zero-order valence-electron chi connectivity index (χ0n) is 15.6. The molecule has 5 rings (SSSR count). The largest absolute Gasteiger partial charge is 0.507 e. The van der Waals surface area contributed by atoms with E-state index in [2.05, 4.69) is 0 Å². The molecule has 2 aromatic carbocycles. The minimum atomic E-state index is -0.494. The zero-order chi connectivity index (χ0) is 20.4. The summed E-state index contributed by atoms with van der Waals surface area (Å²) in [6, 6.07) is 6.32. The molecule has 4 N–H and O–H groups in total. The quantitative estimate of drug-likeness (QED) is 0.534. The summed E-state index contributed by atoms with van der Waals surface area (Å²) in [5.74, 6) is -2.12. The number of hydrogen-bond donors (Lipinski definition) is 3. The number of rotatable bonds is 1. The molecule has 0 bridgehead atoms. The number of fused-ring (bicyclic) bond motifs is 3. The minimum absolute atomic E-state index is 0.0365. The van der Waals surface area contributed by atoms with E-state index in [1.165, 1.54) is 12.1 Å². The Kier molecular flexibility index (Phi) is 3.79. The average molecular weight is 392 g/mol. The number of aromatic hydroxyl groups is 2. The highest BCUT2D eigenvalue weighted by Gasteiger charge is 2.42. The zero-order valence-corrected chi connectivity index (χ0v) is 15.6. The Bertz CT molecular complexity index is 1040.